The summed E-state index contributed by atoms with van der Waals surface area (Å²) in [7, 11) is 1.68. The van der Waals surface area contributed by atoms with Crippen LogP contribution in [0.3, 0.4) is 0 Å². The molecule has 0 saturated heterocycles. The first-order valence-electron chi connectivity index (χ1n) is 9.69. The van der Waals surface area contributed by atoms with Crippen molar-refractivity contribution in [3.63, 3.8) is 0 Å². The summed E-state index contributed by atoms with van der Waals surface area (Å²) in [4.78, 5) is 11.6. The molecule has 0 aliphatic heterocycles. The molecule has 4 heteroatoms. The van der Waals surface area contributed by atoms with Gasteiger partial charge in [-0.05, 0) is 30.5 Å². The number of hydrogen-bond donors (Lipinski definition) is 1. The van der Waals surface area contributed by atoms with Crippen molar-refractivity contribution in [3.05, 3.63) is 23.8 Å². The molecule has 0 aliphatic carbocycles. The number of rotatable bonds is 15. The maximum atomic E-state index is 10.7. The predicted molar refractivity (Wildman–Crippen MR) is 107 cm³/mol. The van der Waals surface area contributed by atoms with Gasteiger partial charge in [0.2, 0.25) is 0 Å². The number of hydrogen-bond acceptors (Lipinski definition) is 3. The van der Waals surface area contributed by atoms with Gasteiger partial charge in [0, 0.05) is 4.90 Å². The van der Waals surface area contributed by atoms with Gasteiger partial charge in [0.05, 0.1) is 12.9 Å². The normalized spacial score (nSPS) is 10.8. The molecule has 0 aromatic heterocycles. The molecule has 0 saturated carbocycles. The molecule has 1 N–H and O–H groups in total. The van der Waals surface area contributed by atoms with Crippen molar-refractivity contribution in [1.29, 1.82) is 0 Å². The van der Waals surface area contributed by atoms with E-state index in [0.29, 0.717) is 0 Å². The summed E-state index contributed by atoms with van der Waals surface area (Å²) in [6, 6.07) is 6.04. The molecule has 1 aromatic carbocycles. The number of aliphatic carboxylic acids is 1. The van der Waals surface area contributed by atoms with Crippen LogP contribution >= 0.6 is 11.8 Å². The van der Waals surface area contributed by atoms with Gasteiger partial charge >= 0.3 is 5.97 Å². The molecular formula is C21H34O3S. The SMILES string of the molecule is CCCCCCCCCCCCc1ccc(SCC(=O)O)cc1OC. The van der Waals surface area contributed by atoms with Gasteiger partial charge in [0.15, 0.2) is 0 Å². The zero-order chi connectivity index (χ0) is 18.3. The fourth-order valence-electron chi connectivity index (χ4n) is 2.97. The van der Waals surface area contributed by atoms with Crippen molar-refractivity contribution < 1.29 is 14.6 Å². The third-order valence-corrected chi connectivity index (χ3v) is 5.40. The van der Waals surface area contributed by atoms with Crippen molar-refractivity contribution in [2.45, 2.75) is 82.4 Å². The van der Waals surface area contributed by atoms with Crippen LogP contribution in [0.5, 0.6) is 5.75 Å². The lowest BCUT2D eigenvalue weighted by atomic mass is 10.0. The zero-order valence-corrected chi connectivity index (χ0v) is 16.7. The van der Waals surface area contributed by atoms with E-state index in [1.54, 1.807) is 7.11 Å². The molecule has 1 aromatic rings. The molecule has 0 unspecified atom stereocenters. The fourth-order valence-corrected chi connectivity index (χ4v) is 3.61. The highest BCUT2D eigenvalue weighted by Gasteiger charge is 2.06. The second kappa shape index (κ2) is 14.1. The Balaban J connectivity index is 2.20. The lowest BCUT2D eigenvalue weighted by Gasteiger charge is -2.10. The van der Waals surface area contributed by atoms with Gasteiger partial charge in [0.1, 0.15) is 5.75 Å². The van der Waals surface area contributed by atoms with Crippen molar-refractivity contribution in [3.8, 4) is 5.75 Å². The Labute approximate surface area is 157 Å². The summed E-state index contributed by atoms with van der Waals surface area (Å²) in [5.41, 5.74) is 1.22. The summed E-state index contributed by atoms with van der Waals surface area (Å²) in [5.74, 6) is 0.172. The van der Waals surface area contributed by atoms with E-state index >= 15 is 0 Å². The fraction of sp³-hybridized carbons (Fsp3) is 0.667. The molecule has 0 amide bonds. The number of carboxylic acids is 1. The van der Waals surface area contributed by atoms with Gasteiger partial charge in [-0.1, -0.05) is 70.8 Å². The monoisotopic (exact) mass is 366 g/mol. The van der Waals surface area contributed by atoms with E-state index < -0.39 is 5.97 Å². The first kappa shape index (κ1) is 21.9. The Kier molecular flexibility index (Phi) is 12.3. The third-order valence-electron chi connectivity index (χ3n) is 4.42. The van der Waals surface area contributed by atoms with Crippen LogP contribution in [0.1, 0.15) is 76.7 Å². The Morgan fingerprint density at radius 2 is 1.60 bits per heavy atom. The summed E-state index contributed by atoms with van der Waals surface area (Å²) >= 11 is 1.33. The second-order valence-electron chi connectivity index (χ2n) is 6.59. The average Bonchev–Trinajstić information content (AvgIpc) is 2.62. The van der Waals surface area contributed by atoms with E-state index in [0.717, 1.165) is 17.1 Å². The first-order chi connectivity index (χ1) is 12.2. The molecule has 1 rings (SSSR count). The topological polar surface area (TPSA) is 46.5 Å². The van der Waals surface area contributed by atoms with Crippen LogP contribution in [0.4, 0.5) is 0 Å². The van der Waals surface area contributed by atoms with E-state index in [9.17, 15) is 4.79 Å². The quantitative estimate of drug-likeness (QED) is 0.291. The van der Waals surface area contributed by atoms with Gasteiger partial charge in [0.25, 0.3) is 0 Å². The smallest absolute Gasteiger partial charge is 0.313 e. The maximum Gasteiger partial charge on any atom is 0.313 e. The third kappa shape index (κ3) is 10.4. The molecule has 0 fully saturated rings. The summed E-state index contributed by atoms with van der Waals surface area (Å²) < 4.78 is 5.47. The number of benzene rings is 1. The number of aryl methyl sites for hydroxylation is 1. The number of methoxy groups -OCH3 is 1. The molecule has 0 atom stereocenters. The molecule has 0 heterocycles. The average molecular weight is 367 g/mol. The van der Waals surface area contributed by atoms with Gasteiger partial charge in [-0.3, -0.25) is 4.79 Å². The zero-order valence-electron chi connectivity index (χ0n) is 15.9. The molecule has 0 spiro atoms. The second-order valence-corrected chi connectivity index (χ2v) is 7.64. The Morgan fingerprint density at radius 1 is 1.00 bits per heavy atom. The summed E-state index contributed by atoms with van der Waals surface area (Å²) in [5, 5.41) is 8.76. The van der Waals surface area contributed by atoms with Crippen LogP contribution < -0.4 is 4.74 Å². The van der Waals surface area contributed by atoms with E-state index in [1.165, 1.54) is 81.5 Å². The Hall–Kier alpha value is -1.16. The standard InChI is InChI=1S/C21H34O3S/c1-3-4-5-6-7-8-9-10-11-12-13-18-14-15-19(16-20(18)24-2)25-17-21(22)23/h14-16H,3-13,17H2,1-2H3,(H,22,23). The van der Waals surface area contributed by atoms with E-state index in [4.69, 9.17) is 9.84 Å². The first-order valence-corrected chi connectivity index (χ1v) is 10.7. The van der Waals surface area contributed by atoms with Crippen LogP contribution in [0, 0.1) is 0 Å². The molecule has 0 aliphatic rings. The molecule has 0 bridgehead atoms. The van der Waals surface area contributed by atoms with Gasteiger partial charge in [-0.25, -0.2) is 0 Å². The van der Waals surface area contributed by atoms with Crippen LogP contribution in [-0.2, 0) is 11.2 Å². The highest BCUT2D eigenvalue weighted by molar-refractivity contribution is 8.00. The number of carbonyl (C=O) groups is 1. The minimum absolute atomic E-state index is 0.0843. The summed E-state index contributed by atoms with van der Waals surface area (Å²) in [6.45, 7) is 2.26. The molecule has 0 radical (unpaired) electrons. The van der Waals surface area contributed by atoms with E-state index in [2.05, 4.69) is 13.0 Å². The van der Waals surface area contributed by atoms with E-state index in [-0.39, 0.29) is 5.75 Å². The highest BCUT2D eigenvalue weighted by atomic mass is 32.2. The predicted octanol–water partition coefficient (Wildman–Crippen LogP) is 6.34. The van der Waals surface area contributed by atoms with Crippen molar-refractivity contribution in [2.75, 3.05) is 12.9 Å². The number of unbranched alkanes of at least 4 members (excludes halogenated alkanes) is 9. The van der Waals surface area contributed by atoms with Crippen LogP contribution in [0.15, 0.2) is 23.1 Å². The summed E-state index contributed by atoms with van der Waals surface area (Å²) in [6.07, 6.45) is 14.4. The highest BCUT2D eigenvalue weighted by Crippen LogP contribution is 2.28. The van der Waals surface area contributed by atoms with Crippen LogP contribution in [0.25, 0.3) is 0 Å². The number of thioether (sulfide) groups is 1. The van der Waals surface area contributed by atoms with Gasteiger partial charge < -0.3 is 9.84 Å². The number of ether oxygens (including phenoxy) is 1. The Morgan fingerprint density at radius 3 is 2.16 bits per heavy atom. The van der Waals surface area contributed by atoms with Crippen molar-refractivity contribution in [1.82, 2.24) is 0 Å². The number of carboxylic acid groups (broad SMARTS) is 1. The molecule has 25 heavy (non-hydrogen) atoms. The molecule has 3 nitrogen and oxygen atoms in total. The minimum Gasteiger partial charge on any atom is -0.496 e. The maximum absolute atomic E-state index is 10.7. The van der Waals surface area contributed by atoms with Crippen LogP contribution in [-0.4, -0.2) is 23.9 Å². The largest absolute Gasteiger partial charge is 0.496 e. The Bertz CT molecular complexity index is 488. The van der Waals surface area contributed by atoms with E-state index in [1.807, 2.05) is 12.1 Å². The minimum atomic E-state index is -0.793. The lowest BCUT2D eigenvalue weighted by molar-refractivity contribution is -0.133. The van der Waals surface area contributed by atoms with Crippen molar-refractivity contribution >= 4 is 17.7 Å². The molecule has 142 valence electrons. The molecular weight excluding hydrogens is 332 g/mol. The lowest BCUT2D eigenvalue weighted by Crippen LogP contribution is -1.98. The van der Waals surface area contributed by atoms with Crippen LogP contribution in [0.2, 0.25) is 0 Å². The van der Waals surface area contributed by atoms with Crippen molar-refractivity contribution in [2.24, 2.45) is 0 Å². The van der Waals surface area contributed by atoms with Gasteiger partial charge in [-0.2, -0.15) is 0 Å². The van der Waals surface area contributed by atoms with Gasteiger partial charge in [-0.15, -0.1) is 11.8 Å².